The smallest absolute Gasteiger partial charge is 0.363 e. The van der Waals surface area contributed by atoms with E-state index in [-0.39, 0.29) is 0 Å². The molecule has 0 N–H and O–H groups in total. The predicted molar refractivity (Wildman–Crippen MR) is 93.8 cm³/mol. The number of methoxy groups -OCH3 is 1. The number of carbonyl (C=O) groups is 1. The molecule has 0 radical (unpaired) electrons. The third kappa shape index (κ3) is 3.60. The highest BCUT2D eigenvalue weighted by Crippen LogP contribution is 2.20. The minimum absolute atomic E-state index is 0.297. The summed E-state index contributed by atoms with van der Waals surface area (Å²) in [5.74, 6) is 0.601. The van der Waals surface area contributed by atoms with Gasteiger partial charge in [-0.15, -0.1) is 0 Å². The number of allylic oxidation sites excluding steroid dienone is 2. The van der Waals surface area contributed by atoms with Crippen molar-refractivity contribution in [1.82, 2.24) is 0 Å². The van der Waals surface area contributed by atoms with E-state index >= 15 is 0 Å². The molecular formula is C20H17NO3. The molecular weight excluding hydrogens is 302 g/mol. The lowest BCUT2D eigenvalue weighted by Gasteiger charge is -2.01. The maximum Gasteiger partial charge on any atom is 0.363 e. The third-order valence-corrected chi connectivity index (χ3v) is 3.52. The van der Waals surface area contributed by atoms with Crippen molar-refractivity contribution in [3.63, 3.8) is 0 Å². The van der Waals surface area contributed by atoms with Crippen molar-refractivity contribution in [3.05, 3.63) is 83.1 Å². The molecule has 1 aliphatic rings. The summed E-state index contributed by atoms with van der Waals surface area (Å²) >= 11 is 0. The Morgan fingerprint density at radius 1 is 1.08 bits per heavy atom. The highest BCUT2D eigenvalue weighted by molar-refractivity contribution is 6.11. The van der Waals surface area contributed by atoms with Crippen molar-refractivity contribution in [3.8, 4) is 5.75 Å². The molecule has 2 aromatic rings. The van der Waals surface area contributed by atoms with Crippen molar-refractivity contribution in [2.75, 3.05) is 7.11 Å². The lowest BCUT2D eigenvalue weighted by Crippen LogP contribution is -2.05. The fourth-order valence-electron chi connectivity index (χ4n) is 2.34. The van der Waals surface area contributed by atoms with Gasteiger partial charge in [-0.05, 0) is 48.4 Å². The molecule has 1 heterocycles. The third-order valence-electron chi connectivity index (χ3n) is 3.52. The summed E-state index contributed by atoms with van der Waals surface area (Å²) in [5, 5.41) is 0. The summed E-state index contributed by atoms with van der Waals surface area (Å²) in [6.07, 6.45) is 3.72. The SMILES string of the molecule is COc1ccc(C2=NC(=CC(C)=Cc3ccccc3)C(=O)O2)cc1. The molecule has 0 fully saturated rings. The van der Waals surface area contributed by atoms with Crippen LogP contribution in [0.1, 0.15) is 18.1 Å². The van der Waals surface area contributed by atoms with Crippen LogP contribution in [0.25, 0.3) is 6.08 Å². The number of ether oxygens (including phenoxy) is 2. The Morgan fingerprint density at radius 3 is 2.46 bits per heavy atom. The minimum atomic E-state index is -0.443. The standard InChI is InChI=1S/C20H17NO3/c1-14(12-15-6-4-3-5-7-15)13-18-20(22)24-19(21-18)16-8-10-17(23-2)11-9-16/h3-13H,1-2H3. The van der Waals surface area contributed by atoms with Gasteiger partial charge < -0.3 is 9.47 Å². The van der Waals surface area contributed by atoms with Gasteiger partial charge in [0.05, 0.1) is 7.11 Å². The molecule has 4 nitrogen and oxygen atoms in total. The van der Waals surface area contributed by atoms with Crippen molar-refractivity contribution in [2.45, 2.75) is 6.92 Å². The van der Waals surface area contributed by atoms with Crippen LogP contribution in [-0.2, 0) is 9.53 Å². The zero-order chi connectivity index (χ0) is 16.9. The number of nitrogens with zero attached hydrogens (tertiary/aromatic N) is 1. The lowest BCUT2D eigenvalue weighted by atomic mass is 10.1. The summed E-state index contributed by atoms with van der Waals surface area (Å²) in [7, 11) is 1.60. The number of hydrogen-bond acceptors (Lipinski definition) is 4. The van der Waals surface area contributed by atoms with Crippen LogP contribution in [0, 0.1) is 0 Å². The molecule has 0 saturated carbocycles. The van der Waals surface area contributed by atoms with Crippen molar-refractivity contribution in [1.29, 1.82) is 0 Å². The number of cyclic esters (lactones) is 1. The van der Waals surface area contributed by atoms with E-state index < -0.39 is 5.97 Å². The van der Waals surface area contributed by atoms with Crippen molar-refractivity contribution in [2.24, 2.45) is 4.99 Å². The van der Waals surface area contributed by atoms with E-state index in [0.29, 0.717) is 11.6 Å². The Morgan fingerprint density at radius 2 is 1.79 bits per heavy atom. The Kier molecular flexibility index (Phi) is 4.57. The molecule has 0 saturated heterocycles. The molecule has 4 heteroatoms. The summed E-state index contributed by atoms with van der Waals surface area (Å²) in [4.78, 5) is 16.3. The Balaban J connectivity index is 1.84. The largest absolute Gasteiger partial charge is 0.497 e. The van der Waals surface area contributed by atoms with E-state index in [9.17, 15) is 4.79 Å². The molecule has 0 aliphatic carbocycles. The monoisotopic (exact) mass is 319 g/mol. The zero-order valence-corrected chi connectivity index (χ0v) is 13.5. The molecule has 0 unspecified atom stereocenters. The van der Waals surface area contributed by atoms with E-state index in [0.717, 1.165) is 22.4 Å². The number of hydrogen-bond donors (Lipinski definition) is 0. The molecule has 1 aliphatic heterocycles. The molecule has 0 amide bonds. The van der Waals surface area contributed by atoms with E-state index in [1.54, 1.807) is 37.5 Å². The van der Waals surface area contributed by atoms with Gasteiger partial charge >= 0.3 is 5.97 Å². The maximum atomic E-state index is 12.0. The van der Waals surface area contributed by atoms with E-state index in [1.807, 2.05) is 43.3 Å². The van der Waals surface area contributed by atoms with Crippen LogP contribution in [-0.4, -0.2) is 19.0 Å². The van der Waals surface area contributed by atoms with Crippen LogP contribution in [0.15, 0.2) is 76.9 Å². The van der Waals surface area contributed by atoms with E-state index in [2.05, 4.69) is 4.99 Å². The second-order valence-corrected chi connectivity index (χ2v) is 5.36. The average Bonchev–Trinajstić information content (AvgIpc) is 2.96. The van der Waals surface area contributed by atoms with Gasteiger partial charge in [0, 0.05) is 5.56 Å². The lowest BCUT2D eigenvalue weighted by molar-refractivity contribution is -0.130. The highest BCUT2D eigenvalue weighted by atomic mass is 16.6. The first-order valence-corrected chi connectivity index (χ1v) is 7.56. The number of aliphatic imine (C=N–C) groups is 1. The Labute approximate surface area is 140 Å². The van der Waals surface area contributed by atoms with Gasteiger partial charge in [0.15, 0.2) is 5.70 Å². The fraction of sp³-hybridized carbons (Fsp3) is 0.100. The van der Waals surface area contributed by atoms with Gasteiger partial charge in [0.2, 0.25) is 5.90 Å². The molecule has 3 rings (SSSR count). The summed E-state index contributed by atoms with van der Waals surface area (Å²) in [6, 6.07) is 17.1. The van der Waals surface area contributed by atoms with Gasteiger partial charge in [-0.25, -0.2) is 9.79 Å². The van der Waals surface area contributed by atoms with Crippen LogP contribution in [0.5, 0.6) is 5.75 Å². The number of rotatable bonds is 4. The van der Waals surface area contributed by atoms with E-state index in [1.165, 1.54) is 0 Å². The van der Waals surface area contributed by atoms with Crippen LogP contribution >= 0.6 is 0 Å². The molecule has 0 atom stereocenters. The van der Waals surface area contributed by atoms with Gasteiger partial charge in [-0.3, -0.25) is 0 Å². The minimum Gasteiger partial charge on any atom is -0.497 e. The van der Waals surface area contributed by atoms with Crippen LogP contribution in [0.3, 0.4) is 0 Å². The van der Waals surface area contributed by atoms with Gasteiger partial charge in [0.25, 0.3) is 0 Å². The summed E-state index contributed by atoms with van der Waals surface area (Å²) in [6.45, 7) is 1.92. The highest BCUT2D eigenvalue weighted by Gasteiger charge is 2.24. The van der Waals surface area contributed by atoms with E-state index in [4.69, 9.17) is 9.47 Å². The number of benzene rings is 2. The maximum absolute atomic E-state index is 12.0. The number of carbonyl (C=O) groups excluding carboxylic acids is 1. The molecule has 2 aromatic carbocycles. The van der Waals surface area contributed by atoms with Crippen molar-refractivity contribution >= 4 is 17.9 Å². The molecule has 24 heavy (non-hydrogen) atoms. The second-order valence-electron chi connectivity index (χ2n) is 5.36. The number of esters is 1. The van der Waals surface area contributed by atoms with Gasteiger partial charge in [-0.1, -0.05) is 36.4 Å². The Bertz CT molecular complexity index is 831. The zero-order valence-electron chi connectivity index (χ0n) is 13.5. The summed E-state index contributed by atoms with van der Waals surface area (Å²) in [5.41, 5.74) is 3.02. The van der Waals surface area contributed by atoms with Crippen molar-refractivity contribution < 1.29 is 14.3 Å². The fourth-order valence-corrected chi connectivity index (χ4v) is 2.34. The first kappa shape index (κ1) is 15.7. The molecule has 0 bridgehead atoms. The second kappa shape index (κ2) is 6.96. The molecule has 0 spiro atoms. The average molecular weight is 319 g/mol. The Hall–Kier alpha value is -3.14. The predicted octanol–water partition coefficient (Wildman–Crippen LogP) is 3.99. The van der Waals surface area contributed by atoms with Gasteiger partial charge in [-0.2, -0.15) is 0 Å². The van der Waals surface area contributed by atoms with Crippen LogP contribution < -0.4 is 4.74 Å². The first-order valence-electron chi connectivity index (χ1n) is 7.56. The van der Waals surface area contributed by atoms with Crippen LogP contribution in [0.4, 0.5) is 0 Å². The molecule has 0 aromatic heterocycles. The van der Waals surface area contributed by atoms with Gasteiger partial charge in [0.1, 0.15) is 5.75 Å². The van der Waals surface area contributed by atoms with Crippen LogP contribution in [0.2, 0.25) is 0 Å². The molecule has 120 valence electrons. The quantitative estimate of drug-likeness (QED) is 0.632. The first-order chi connectivity index (χ1) is 11.7. The normalized spacial score (nSPS) is 16.1. The summed E-state index contributed by atoms with van der Waals surface area (Å²) < 4.78 is 10.4. The topological polar surface area (TPSA) is 47.9 Å².